The molecule has 0 radical (unpaired) electrons. The zero-order valence-electron chi connectivity index (χ0n) is 18.4. The summed E-state index contributed by atoms with van der Waals surface area (Å²) in [6.45, 7) is 0.159. The number of furan rings is 1. The molecule has 2 aliphatic rings. The molecule has 2 aliphatic heterocycles. The van der Waals surface area contributed by atoms with Crippen LogP contribution in [0, 0.1) is 0 Å². The van der Waals surface area contributed by atoms with Crippen LogP contribution < -0.4 is 10.0 Å². The summed E-state index contributed by atoms with van der Waals surface area (Å²) in [5.41, 5.74) is 1.45. The second-order valence-corrected chi connectivity index (χ2v) is 10.2. The molecule has 11 heteroatoms. The summed E-state index contributed by atoms with van der Waals surface area (Å²) in [5.74, 6) is -2.23. The van der Waals surface area contributed by atoms with E-state index in [-0.39, 0.29) is 35.4 Å². The number of nitrogens with zero attached hydrogens (tertiary/aromatic N) is 1. The van der Waals surface area contributed by atoms with Crippen molar-refractivity contribution in [2.24, 2.45) is 0 Å². The number of sulfonamides is 1. The van der Waals surface area contributed by atoms with Crippen molar-refractivity contribution in [1.29, 1.82) is 0 Å². The number of nitrogens with one attached hydrogen (secondary N) is 2. The van der Waals surface area contributed by atoms with Gasteiger partial charge in [0, 0.05) is 18.4 Å². The van der Waals surface area contributed by atoms with Gasteiger partial charge in [0.25, 0.3) is 11.8 Å². The molecule has 1 atom stereocenters. The molecular formula is C24H21N3O7S. The number of amides is 4. The van der Waals surface area contributed by atoms with Gasteiger partial charge in [-0.15, -0.1) is 0 Å². The van der Waals surface area contributed by atoms with Crippen molar-refractivity contribution in [1.82, 2.24) is 14.9 Å². The number of imide groups is 2. The van der Waals surface area contributed by atoms with Gasteiger partial charge in [0.1, 0.15) is 10.9 Å². The van der Waals surface area contributed by atoms with Crippen LogP contribution in [0.5, 0.6) is 0 Å². The highest BCUT2D eigenvalue weighted by Gasteiger charge is 2.44. The Kier molecular flexibility index (Phi) is 5.73. The van der Waals surface area contributed by atoms with Crippen molar-refractivity contribution in [2.45, 2.75) is 36.6 Å². The fourth-order valence-corrected chi connectivity index (χ4v) is 5.66. The van der Waals surface area contributed by atoms with Crippen LogP contribution in [-0.4, -0.2) is 49.5 Å². The van der Waals surface area contributed by atoms with Gasteiger partial charge in [-0.25, -0.2) is 13.1 Å². The lowest BCUT2D eigenvalue weighted by Crippen LogP contribution is -2.54. The van der Waals surface area contributed by atoms with E-state index in [1.54, 1.807) is 36.4 Å². The Hall–Kier alpha value is -3.83. The molecular weight excluding hydrogens is 474 g/mol. The van der Waals surface area contributed by atoms with Crippen LogP contribution in [0.1, 0.15) is 45.5 Å². The first-order chi connectivity index (χ1) is 16.8. The lowest BCUT2D eigenvalue weighted by molar-refractivity contribution is -0.136. The van der Waals surface area contributed by atoms with E-state index in [1.165, 1.54) is 12.3 Å². The Morgan fingerprint density at radius 3 is 2.63 bits per heavy atom. The minimum absolute atomic E-state index is 0.0550. The maximum atomic E-state index is 12.9. The zero-order valence-corrected chi connectivity index (χ0v) is 19.3. The van der Waals surface area contributed by atoms with E-state index in [9.17, 15) is 27.6 Å². The molecule has 35 heavy (non-hydrogen) atoms. The maximum Gasteiger partial charge on any atom is 0.262 e. The lowest BCUT2D eigenvalue weighted by atomic mass is 10.0. The Balaban J connectivity index is 1.24. The van der Waals surface area contributed by atoms with Gasteiger partial charge in [0.2, 0.25) is 21.8 Å². The number of rotatable bonds is 7. The van der Waals surface area contributed by atoms with Gasteiger partial charge in [-0.1, -0.05) is 18.2 Å². The SMILES string of the molecule is O=C1CCC(N2C(=O)c3ccc(CCCNS(=O)(=O)c4cccc5ccoc45)cc3C2=O)C(=O)N1. The number of hydrogen-bond acceptors (Lipinski definition) is 7. The summed E-state index contributed by atoms with van der Waals surface area (Å²) in [6, 6.07) is 10.4. The Morgan fingerprint density at radius 1 is 1.03 bits per heavy atom. The molecule has 1 unspecified atom stereocenters. The maximum absolute atomic E-state index is 12.9. The van der Waals surface area contributed by atoms with Crippen molar-refractivity contribution in [3.8, 4) is 0 Å². The molecule has 2 aromatic carbocycles. The number of fused-ring (bicyclic) bond motifs is 2. The van der Waals surface area contributed by atoms with Crippen molar-refractivity contribution < 1.29 is 32.0 Å². The van der Waals surface area contributed by atoms with Gasteiger partial charge >= 0.3 is 0 Å². The summed E-state index contributed by atoms with van der Waals surface area (Å²) < 4.78 is 33.3. The van der Waals surface area contributed by atoms with Gasteiger partial charge in [0.15, 0.2) is 5.58 Å². The van der Waals surface area contributed by atoms with Crippen LogP contribution in [0.4, 0.5) is 0 Å². The van der Waals surface area contributed by atoms with Gasteiger partial charge < -0.3 is 4.42 Å². The molecule has 1 fully saturated rings. The predicted molar refractivity (Wildman–Crippen MR) is 123 cm³/mol. The minimum Gasteiger partial charge on any atom is -0.463 e. The first-order valence-corrected chi connectivity index (χ1v) is 12.5. The highest BCUT2D eigenvalue weighted by Crippen LogP contribution is 2.29. The third-order valence-corrected chi connectivity index (χ3v) is 7.66. The summed E-state index contributed by atoms with van der Waals surface area (Å²) in [5, 5.41) is 2.86. The predicted octanol–water partition coefficient (Wildman–Crippen LogP) is 1.75. The number of carbonyl (C=O) groups is 4. The van der Waals surface area contributed by atoms with Gasteiger partial charge in [-0.3, -0.25) is 29.4 Å². The number of benzene rings is 2. The molecule has 0 aliphatic carbocycles. The normalized spacial score (nSPS) is 18.3. The average Bonchev–Trinajstić information content (AvgIpc) is 3.40. The van der Waals surface area contributed by atoms with Crippen molar-refractivity contribution in [2.75, 3.05) is 6.54 Å². The molecule has 5 rings (SSSR count). The first kappa shape index (κ1) is 22.9. The third-order valence-electron chi connectivity index (χ3n) is 6.17. The van der Waals surface area contributed by atoms with Gasteiger partial charge in [-0.2, -0.15) is 0 Å². The molecule has 10 nitrogen and oxygen atoms in total. The highest BCUT2D eigenvalue weighted by molar-refractivity contribution is 7.89. The number of aryl methyl sites for hydroxylation is 1. The minimum atomic E-state index is -3.78. The fraction of sp³-hybridized carbons (Fsp3) is 0.250. The standard InChI is InChI=1S/C24H21N3O7S/c28-20-9-8-18(22(29)26-20)27-23(30)16-7-6-14(13-17(16)24(27)31)3-2-11-25-35(32,33)19-5-1-4-15-10-12-34-21(15)19/h1,4-7,10,12-13,18,25H,2-3,8-9,11H2,(H,26,28,29). The molecule has 1 aromatic heterocycles. The zero-order chi connectivity index (χ0) is 24.7. The lowest BCUT2D eigenvalue weighted by Gasteiger charge is -2.27. The average molecular weight is 496 g/mol. The van der Waals surface area contributed by atoms with Crippen LogP contribution in [0.15, 0.2) is 58.0 Å². The van der Waals surface area contributed by atoms with E-state index in [0.717, 1.165) is 10.5 Å². The van der Waals surface area contributed by atoms with Crippen molar-refractivity contribution >= 4 is 44.6 Å². The second-order valence-electron chi connectivity index (χ2n) is 8.42. The van der Waals surface area contributed by atoms with E-state index in [4.69, 9.17) is 4.42 Å². The highest BCUT2D eigenvalue weighted by atomic mass is 32.2. The quantitative estimate of drug-likeness (QED) is 0.375. The van der Waals surface area contributed by atoms with E-state index < -0.39 is 39.7 Å². The largest absolute Gasteiger partial charge is 0.463 e. The summed E-state index contributed by atoms with van der Waals surface area (Å²) in [6.07, 6.45) is 2.49. The van der Waals surface area contributed by atoms with Crippen LogP contribution in [-0.2, 0) is 26.0 Å². The molecule has 3 aromatic rings. The van der Waals surface area contributed by atoms with Gasteiger partial charge in [-0.05, 0) is 49.1 Å². The molecule has 0 spiro atoms. The number of para-hydroxylation sites is 1. The Morgan fingerprint density at radius 2 is 1.83 bits per heavy atom. The first-order valence-electron chi connectivity index (χ1n) is 11.1. The van der Waals surface area contributed by atoms with E-state index in [1.807, 2.05) is 0 Å². The molecule has 2 N–H and O–H groups in total. The van der Waals surface area contributed by atoms with Crippen molar-refractivity contribution in [3.63, 3.8) is 0 Å². The molecule has 3 heterocycles. The summed E-state index contributed by atoms with van der Waals surface area (Å²) in [7, 11) is -3.78. The summed E-state index contributed by atoms with van der Waals surface area (Å²) in [4.78, 5) is 50.3. The molecule has 0 bridgehead atoms. The van der Waals surface area contributed by atoms with Crippen LogP contribution in [0.25, 0.3) is 11.0 Å². The Labute approximate surface area is 200 Å². The molecule has 0 saturated carbocycles. The van der Waals surface area contributed by atoms with Crippen molar-refractivity contribution in [3.05, 3.63) is 65.4 Å². The number of carbonyl (C=O) groups excluding carboxylic acids is 4. The fourth-order valence-electron chi connectivity index (χ4n) is 4.43. The van der Waals surface area contributed by atoms with Crippen LogP contribution >= 0.6 is 0 Å². The van der Waals surface area contributed by atoms with E-state index in [0.29, 0.717) is 23.8 Å². The molecule has 1 saturated heterocycles. The molecule has 4 amide bonds. The number of hydrogen-bond donors (Lipinski definition) is 2. The van der Waals surface area contributed by atoms with E-state index in [2.05, 4.69) is 10.0 Å². The third kappa shape index (κ3) is 4.13. The van der Waals surface area contributed by atoms with Gasteiger partial charge in [0.05, 0.1) is 17.4 Å². The second kappa shape index (κ2) is 8.75. The Bertz CT molecular complexity index is 1490. The topological polar surface area (TPSA) is 143 Å². The molecule has 180 valence electrons. The smallest absolute Gasteiger partial charge is 0.262 e. The summed E-state index contributed by atoms with van der Waals surface area (Å²) >= 11 is 0. The van der Waals surface area contributed by atoms with Crippen LogP contribution in [0.2, 0.25) is 0 Å². The monoisotopic (exact) mass is 495 g/mol. The van der Waals surface area contributed by atoms with Crippen LogP contribution in [0.3, 0.4) is 0 Å². The van der Waals surface area contributed by atoms with E-state index >= 15 is 0 Å². The number of piperidine rings is 1.